The summed E-state index contributed by atoms with van der Waals surface area (Å²) in [5, 5.41) is 2.94. The van der Waals surface area contributed by atoms with Crippen molar-refractivity contribution in [2.24, 2.45) is 11.7 Å². The molecule has 0 bridgehead atoms. The third-order valence-corrected chi connectivity index (χ3v) is 4.68. The molecule has 3 rings (SSSR count). The predicted octanol–water partition coefficient (Wildman–Crippen LogP) is 2.80. The van der Waals surface area contributed by atoms with Crippen molar-refractivity contribution in [1.29, 1.82) is 0 Å². The summed E-state index contributed by atoms with van der Waals surface area (Å²) in [6, 6.07) is 6.48. The lowest BCUT2D eigenvalue weighted by Crippen LogP contribution is -2.22. The van der Waals surface area contributed by atoms with E-state index in [0.29, 0.717) is 12.3 Å². The Kier molecular flexibility index (Phi) is 3.56. The highest BCUT2D eigenvalue weighted by atomic mass is 16.1. The summed E-state index contributed by atoms with van der Waals surface area (Å²) in [6.07, 6.45) is 6.79. The van der Waals surface area contributed by atoms with Crippen LogP contribution in [0.1, 0.15) is 49.1 Å². The molecule has 0 radical (unpaired) electrons. The predicted molar refractivity (Wildman–Crippen MR) is 77.1 cm³/mol. The lowest BCUT2D eigenvalue weighted by molar-refractivity contribution is -0.116. The minimum Gasteiger partial charge on any atom is -0.330 e. The maximum absolute atomic E-state index is 11.4. The first-order chi connectivity index (χ1) is 9.28. The number of fused-ring (bicyclic) bond motifs is 1. The van der Waals surface area contributed by atoms with Crippen LogP contribution >= 0.6 is 0 Å². The Labute approximate surface area is 114 Å². The second-order valence-corrected chi connectivity index (χ2v) is 5.85. The van der Waals surface area contributed by atoms with Crippen LogP contribution in [0.2, 0.25) is 0 Å². The average molecular weight is 258 g/mol. The third kappa shape index (κ3) is 2.52. The zero-order valence-corrected chi connectivity index (χ0v) is 11.3. The molecule has 1 heterocycles. The van der Waals surface area contributed by atoms with Crippen LogP contribution in [0.15, 0.2) is 18.2 Å². The molecule has 3 nitrogen and oxygen atoms in total. The van der Waals surface area contributed by atoms with Crippen LogP contribution in [-0.4, -0.2) is 12.5 Å². The number of amides is 1. The molecule has 3 heteroatoms. The van der Waals surface area contributed by atoms with Crippen LogP contribution in [-0.2, 0) is 11.2 Å². The second kappa shape index (κ2) is 5.33. The standard InChI is InChI=1S/C16H22N2O/c17-10-14(11-3-1-2-4-11)12-5-7-15-13(9-12)6-8-16(19)18-15/h5,7,9,11,14H,1-4,6,8,10,17H2,(H,18,19). The number of carbonyl (C=O) groups is 1. The summed E-state index contributed by atoms with van der Waals surface area (Å²) in [4.78, 5) is 11.4. The number of nitrogens with two attached hydrogens (primary N) is 1. The minimum absolute atomic E-state index is 0.131. The summed E-state index contributed by atoms with van der Waals surface area (Å²) in [5.74, 6) is 1.37. The molecule has 1 amide bonds. The molecular formula is C16H22N2O. The van der Waals surface area contributed by atoms with E-state index >= 15 is 0 Å². The number of nitrogens with one attached hydrogen (secondary N) is 1. The van der Waals surface area contributed by atoms with Crippen molar-refractivity contribution in [2.45, 2.75) is 44.4 Å². The molecule has 1 aromatic rings. The van der Waals surface area contributed by atoms with E-state index in [0.717, 1.165) is 24.6 Å². The van der Waals surface area contributed by atoms with Gasteiger partial charge in [0.05, 0.1) is 0 Å². The summed E-state index contributed by atoms with van der Waals surface area (Å²) in [5.41, 5.74) is 9.64. The topological polar surface area (TPSA) is 55.1 Å². The number of benzene rings is 1. The monoisotopic (exact) mass is 258 g/mol. The minimum atomic E-state index is 0.131. The Balaban J connectivity index is 1.85. The van der Waals surface area contributed by atoms with Crippen molar-refractivity contribution in [2.75, 3.05) is 11.9 Å². The summed E-state index contributed by atoms with van der Waals surface area (Å²) in [6.45, 7) is 0.732. The van der Waals surface area contributed by atoms with Gasteiger partial charge in [0.15, 0.2) is 0 Å². The highest BCUT2D eigenvalue weighted by Gasteiger charge is 2.26. The van der Waals surface area contributed by atoms with Crippen LogP contribution in [0.4, 0.5) is 5.69 Å². The first-order valence-electron chi connectivity index (χ1n) is 7.40. The molecule has 0 aromatic heterocycles. The Morgan fingerprint density at radius 1 is 1.26 bits per heavy atom. The van der Waals surface area contributed by atoms with Crippen molar-refractivity contribution in [3.63, 3.8) is 0 Å². The van der Waals surface area contributed by atoms with Crippen molar-refractivity contribution in [3.8, 4) is 0 Å². The number of hydrogen-bond acceptors (Lipinski definition) is 2. The Morgan fingerprint density at radius 3 is 2.79 bits per heavy atom. The van der Waals surface area contributed by atoms with Gasteiger partial charge in [0.25, 0.3) is 0 Å². The molecule has 102 valence electrons. The van der Waals surface area contributed by atoms with E-state index in [1.54, 1.807) is 0 Å². The van der Waals surface area contributed by atoms with E-state index in [2.05, 4.69) is 23.5 Å². The molecule has 1 aliphatic carbocycles. The van der Waals surface area contributed by atoms with Gasteiger partial charge in [-0.1, -0.05) is 25.0 Å². The molecule has 19 heavy (non-hydrogen) atoms. The number of anilines is 1. The van der Waals surface area contributed by atoms with Gasteiger partial charge in [0.2, 0.25) is 5.91 Å². The fourth-order valence-corrected chi connectivity index (χ4v) is 3.59. The average Bonchev–Trinajstić information content (AvgIpc) is 2.93. The van der Waals surface area contributed by atoms with E-state index in [1.807, 2.05) is 0 Å². The summed E-state index contributed by atoms with van der Waals surface area (Å²) >= 11 is 0. The number of carbonyl (C=O) groups excluding carboxylic acids is 1. The first-order valence-corrected chi connectivity index (χ1v) is 7.40. The molecule has 1 saturated carbocycles. The lowest BCUT2D eigenvalue weighted by atomic mass is 9.83. The lowest BCUT2D eigenvalue weighted by Gasteiger charge is -2.25. The van der Waals surface area contributed by atoms with Crippen LogP contribution in [0, 0.1) is 5.92 Å². The zero-order chi connectivity index (χ0) is 13.2. The van der Waals surface area contributed by atoms with Gasteiger partial charge in [-0.3, -0.25) is 4.79 Å². The Bertz CT molecular complexity index is 478. The van der Waals surface area contributed by atoms with E-state index < -0.39 is 0 Å². The number of hydrogen-bond donors (Lipinski definition) is 2. The molecule has 1 aliphatic heterocycles. The van der Waals surface area contributed by atoms with Crippen LogP contribution in [0.5, 0.6) is 0 Å². The van der Waals surface area contributed by atoms with Crippen LogP contribution in [0.25, 0.3) is 0 Å². The molecule has 3 N–H and O–H groups in total. The van der Waals surface area contributed by atoms with Gasteiger partial charge >= 0.3 is 0 Å². The molecule has 1 atom stereocenters. The number of rotatable bonds is 3. The van der Waals surface area contributed by atoms with Gasteiger partial charge in [-0.15, -0.1) is 0 Å². The first kappa shape index (κ1) is 12.7. The van der Waals surface area contributed by atoms with Gasteiger partial charge in [0.1, 0.15) is 0 Å². The smallest absolute Gasteiger partial charge is 0.224 e. The Hall–Kier alpha value is -1.35. The third-order valence-electron chi connectivity index (χ3n) is 4.68. The van der Waals surface area contributed by atoms with Gasteiger partial charge in [0, 0.05) is 12.1 Å². The quantitative estimate of drug-likeness (QED) is 0.876. The molecule has 1 unspecified atom stereocenters. The van der Waals surface area contributed by atoms with E-state index in [9.17, 15) is 4.79 Å². The molecule has 1 aromatic carbocycles. The van der Waals surface area contributed by atoms with Crippen molar-refractivity contribution < 1.29 is 4.79 Å². The van der Waals surface area contributed by atoms with Crippen molar-refractivity contribution in [3.05, 3.63) is 29.3 Å². The molecule has 1 fully saturated rings. The largest absolute Gasteiger partial charge is 0.330 e. The fraction of sp³-hybridized carbons (Fsp3) is 0.562. The van der Waals surface area contributed by atoms with Gasteiger partial charge in [-0.05, 0) is 54.8 Å². The molecule has 2 aliphatic rings. The van der Waals surface area contributed by atoms with Crippen LogP contribution in [0.3, 0.4) is 0 Å². The second-order valence-electron chi connectivity index (χ2n) is 5.85. The molecule has 0 spiro atoms. The highest BCUT2D eigenvalue weighted by Crippen LogP contribution is 2.38. The summed E-state index contributed by atoms with van der Waals surface area (Å²) < 4.78 is 0. The van der Waals surface area contributed by atoms with E-state index in [-0.39, 0.29) is 5.91 Å². The van der Waals surface area contributed by atoms with Crippen LogP contribution < -0.4 is 11.1 Å². The van der Waals surface area contributed by atoms with Crippen molar-refractivity contribution in [1.82, 2.24) is 0 Å². The van der Waals surface area contributed by atoms with E-state index in [4.69, 9.17) is 5.73 Å². The molecular weight excluding hydrogens is 236 g/mol. The maximum atomic E-state index is 11.4. The van der Waals surface area contributed by atoms with Gasteiger partial charge < -0.3 is 11.1 Å². The van der Waals surface area contributed by atoms with Gasteiger partial charge in [-0.2, -0.15) is 0 Å². The Morgan fingerprint density at radius 2 is 2.05 bits per heavy atom. The van der Waals surface area contributed by atoms with Crippen molar-refractivity contribution >= 4 is 11.6 Å². The van der Waals surface area contributed by atoms with E-state index in [1.165, 1.54) is 36.8 Å². The number of aryl methyl sites for hydroxylation is 1. The maximum Gasteiger partial charge on any atom is 0.224 e. The highest BCUT2D eigenvalue weighted by molar-refractivity contribution is 5.93. The van der Waals surface area contributed by atoms with Gasteiger partial charge in [-0.25, -0.2) is 0 Å². The SMILES string of the molecule is NCC(c1ccc2c(c1)CCC(=O)N2)C1CCCC1. The fourth-order valence-electron chi connectivity index (χ4n) is 3.59. The summed E-state index contributed by atoms with van der Waals surface area (Å²) in [7, 11) is 0. The molecule has 0 saturated heterocycles. The zero-order valence-electron chi connectivity index (χ0n) is 11.3. The normalized spacial score (nSPS) is 21.0.